The Balaban J connectivity index is 1.52. The first kappa shape index (κ1) is 21.9. The second-order valence-electron chi connectivity index (χ2n) is 7.62. The third kappa shape index (κ3) is 5.13. The van der Waals surface area contributed by atoms with Gasteiger partial charge in [0.15, 0.2) is 0 Å². The van der Waals surface area contributed by atoms with Crippen molar-refractivity contribution in [2.45, 2.75) is 19.8 Å². The highest BCUT2D eigenvalue weighted by molar-refractivity contribution is 5.95. The molecule has 5 nitrogen and oxygen atoms in total. The molecule has 1 heterocycles. The summed E-state index contributed by atoms with van der Waals surface area (Å²) in [5.41, 5.74) is 3.72. The van der Waals surface area contributed by atoms with E-state index in [4.69, 9.17) is 9.15 Å². The van der Waals surface area contributed by atoms with Crippen molar-refractivity contribution in [2.75, 3.05) is 11.9 Å². The Labute approximate surface area is 193 Å². The molecule has 164 valence electrons. The summed E-state index contributed by atoms with van der Waals surface area (Å²) in [4.78, 5) is 12.6. The summed E-state index contributed by atoms with van der Waals surface area (Å²) in [7, 11) is 0. The predicted molar refractivity (Wildman–Crippen MR) is 129 cm³/mol. The van der Waals surface area contributed by atoms with E-state index < -0.39 is 0 Å². The van der Waals surface area contributed by atoms with Crippen molar-refractivity contribution in [1.82, 2.24) is 0 Å². The first-order valence-electron chi connectivity index (χ1n) is 10.8. The Morgan fingerprint density at radius 2 is 1.58 bits per heavy atom. The van der Waals surface area contributed by atoms with Gasteiger partial charge in [-0.25, -0.2) is 0 Å². The van der Waals surface area contributed by atoms with Crippen LogP contribution in [0.1, 0.15) is 24.0 Å². The lowest BCUT2D eigenvalue weighted by Crippen LogP contribution is -2.13. The van der Waals surface area contributed by atoms with Crippen molar-refractivity contribution in [3.05, 3.63) is 96.1 Å². The third-order valence-corrected chi connectivity index (χ3v) is 5.27. The number of aryl methyl sites for hydroxylation is 1. The van der Waals surface area contributed by atoms with E-state index in [0.29, 0.717) is 29.9 Å². The highest BCUT2D eigenvalue weighted by atomic mass is 16.5. The molecule has 0 fully saturated rings. The molecule has 0 aliphatic carbocycles. The van der Waals surface area contributed by atoms with E-state index in [9.17, 15) is 10.1 Å². The Morgan fingerprint density at radius 1 is 0.939 bits per heavy atom. The van der Waals surface area contributed by atoms with Crippen molar-refractivity contribution in [3.63, 3.8) is 0 Å². The van der Waals surface area contributed by atoms with Crippen LogP contribution >= 0.6 is 0 Å². The van der Waals surface area contributed by atoms with Crippen LogP contribution in [0.15, 0.2) is 89.3 Å². The Morgan fingerprint density at radius 3 is 2.24 bits per heavy atom. The van der Waals surface area contributed by atoms with Gasteiger partial charge in [0.2, 0.25) is 11.8 Å². The van der Waals surface area contributed by atoms with E-state index in [-0.39, 0.29) is 18.2 Å². The number of amides is 1. The van der Waals surface area contributed by atoms with Gasteiger partial charge in [-0.3, -0.25) is 10.1 Å². The van der Waals surface area contributed by atoms with Crippen LogP contribution in [0.4, 0.5) is 5.88 Å². The van der Waals surface area contributed by atoms with Crippen molar-refractivity contribution < 1.29 is 13.9 Å². The summed E-state index contributed by atoms with van der Waals surface area (Å²) in [6.07, 6.45) is 0.790. The van der Waals surface area contributed by atoms with Crippen molar-refractivity contribution >= 4 is 11.8 Å². The van der Waals surface area contributed by atoms with Crippen LogP contribution in [0, 0.1) is 18.3 Å². The molecular weight excluding hydrogens is 412 g/mol. The molecule has 0 saturated heterocycles. The highest BCUT2D eigenvalue weighted by Gasteiger charge is 2.24. The fourth-order valence-electron chi connectivity index (χ4n) is 3.62. The number of nitriles is 1. The Bertz CT molecular complexity index is 1270. The van der Waals surface area contributed by atoms with Crippen LogP contribution in [0.2, 0.25) is 0 Å². The van der Waals surface area contributed by atoms with Gasteiger partial charge in [0.25, 0.3) is 0 Å². The van der Waals surface area contributed by atoms with Crippen molar-refractivity contribution in [1.29, 1.82) is 5.26 Å². The highest BCUT2D eigenvalue weighted by Crippen LogP contribution is 2.41. The normalized spacial score (nSPS) is 10.4. The lowest BCUT2D eigenvalue weighted by molar-refractivity contribution is -0.116. The number of hydrogen-bond donors (Lipinski definition) is 1. The van der Waals surface area contributed by atoms with E-state index in [1.54, 1.807) is 0 Å². The predicted octanol–water partition coefficient (Wildman–Crippen LogP) is 6.59. The van der Waals surface area contributed by atoms with Gasteiger partial charge in [0.1, 0.15) is 23.1 Å². The zero-order valence-corrected chi connectivity index (χ0v) is 18.4. The molecule has 0 spiro atoms. The summed E-state index contributed by atoms with van der Waals surface area (Å²) in [5, 5.41) is 12.7. The molecule has 3 aromatic carbocycles. The van der Waals surface area contributed by atoms with Crippen LogP contribution < -0.4 is 10.1 Å². The summed E-state index contributed by atoms with van der Waals surface area (Å²) < 4.78 is 11.8. The van der Waals surface area contributed by atoms with E-state index in [1.165, 1.54) is 0 Å². The van der Waals surface area contributed by atoms with E-state index in [0.717, 1.165) is 22.4 Å². The molecule has 1 amide bonds. The number of para-hydroxylation sites is 1. The number of nitrogens with one attached hydrogen (secondary N) is 1. The standard InChI is InChI=1S/C28H24N2O3/c1-20-11-8-9-16-24(20)32-18-10-17-25(31)30-28-23(19-29)26(21-12-4-2-5-13-21)27(33-28)22-14-6-3-7-15-22/h2-9,11-16H,10,17-18H2,1H3,(H,30,31). The Hall–Kier alpha value is -4.30. The molecule has 0 aliphatic rings. The minimum absolute atomic E-state index is 0.167. The second-order valence-corrected chi connectivity index (χ2v) is 7.62. The number of rotatable bonds is 8. The van der Waals surface area contributed by atoms with Crippen LogP contribution in [0.5, 0.6) is 5.75 Å². The van der Waals surface area contributed by atoms with Crippen LogP contribution in [0.25, 0.3) is 22.5 Å². The van der Waals surface area contributed by atoms with E-state index in [1.807, 2.05) is 91.9 Å². The molecule has 33 heavy (non-hydrogen) atoms. The summed E-state index contributed by atoms with van der Waals surface area (Å²) in [6, 6.07) is 29.1. The topological polar surface area (TPSA) is 75.3 Å². The maximum atomic E-state index is 12.6. The third-order valence-electron chi connectivity index (χ3n) is 5.27. The molecule has 0 aliphatic heterocycles. The van der Waals surface area contributed by atoms with Gasteiger partial charge in [-0.1, -0.05) is 78.9 Å². The van der Waals surface area contributed by atoms with Gasteiger partial charge in [0.05, 0.1) is 6.61 Å². The van der Waals surface area contributed by atoms with Crippen LogP contribution in [0.3, 0.4) is 0 Å². The zero-order chi connectivity index (χ0) is 23.0. The number of benzene rings is 3. The van der Waals surface area contributed by atoms with Crippen LogP contribution in [-0.2, 0) is 4.79 Å². The first-order chi connectivity index (χ1) is 16.2. The SMILES string of the molecule is Cc1ccccc1OCCCC(=O)Nc1oc(-c2ccccc2)c(-c2ccccc2)c1C#N. The molecule has 0 saturated carbocycles. The van der Waals surface area contributed by atoms with Gasteiger partial charge in [-0.15, -0.1) is 0 Å². The minimum Gasteiger partial charge on any atom is -0.493 e. The summed E-state index contributed by atoms with van der Waals surface area (Å²) in [5.74, 6) is 1.31. The average Bonchev–Trinajstić information content (AvgIpc) is 3.22. The molecule has 0 radical (unpaired) electrons. The average molecular weight is 437 g/mol. The van der Waals surface area contributed by atoms with Crippen molar-refractivity contribution in [2.24, 2.45) is 0 Å². The summed E-state index contributed by atoms with van der Waals surface area (Å²) in [6.45, 7) is 2.41. The minimum atomic E-state index is -0.229. The van der Waals surface area contributed by atoms with Crippen molar-refractivity contribution in [3.8, 4) is 34.3 Å². The first-order valence-corrected chi connectivity index (χ1v) is 10.8. The molecular formula is C28H24N2O3. The largest absolute Gasteiger partial charge is 0.493 e. The number of hydrogen-bond acceptors (Lipinski definition) is 4. The lowest BCUT2D eigenvalue weighted by atomic mass is 9.98. The van der Waals surface area contributed by atoms with Gasteiger partial charge < -0.3 is 9.15 Å². The molecule has 4 rings (SSSR count). The number of nitrogens with zero attached hydrogens (tertiary/aromatic N) is 1. The van der Waals surface area contributed by atoms with E-state index in [2.05, 4.69) is 11.4 Å². The molecule has 0 unspecified atom stereocenters. The van der Waals surface area contributed by atoms with Gasteiger partial charge in [-0.2, -0.15) is 5.26 Å². The zero-order valence-electron chi connectivity index (χ0n) is 18.4. The smallest absolute Gasteiger partial charge is 0.226 e. The number of carbonyl (C=O) groups excluding carboxylic acids is 1. The lowest BCUT2D eigenvalue weighted by Gasteiger charge is -2.08. The van der Waals surface area contributed by atoms with Gasteiger partial charge in [-0.05, 0) is 30.5 Å². The number of anilines is 1. The molecule has 1 N–H and O–H groups in total. The Kier molecular flexibility index (Phi) is 6.87. The molecule has 5 heteroatoms. The van der Waals surface area contributed by atoms with Crippen LogP contribution in [-0.4, -0.2) is 12.5 Å². The maximum absolute atomic E-state index is 12.6. The monoisotopic (exact) mass is 436 g/mol. The van der Waals surface area contributed by atoms with E-state index >= 15 is 0 Å². The molecule has 0 bridgehead atoms. The van der Waals surface area contributed by atoms with Gasteiger partial charge in [0, 0.05) is 17.5 Å². The number of ether oxygens (including phenoxy) is 1. The number of carbonyl (C=O) groups is 1. The molecule has 0 atom stereocenters. The number of furan rings is 1. The maximum Gasteiger partial charge on any atom is 0.226 e. The quantitative estimate of drug-likeness (QED) is 0.316. The molecule has 1 aromatic heterocycles. The fourth-order valence-corrected chi connectivity index (χ4v) is 3.62. The van der Waals surface area contributed by atoms with Gasteiger partial charge >= 0.3 is 0 Å². The summed E-state index contributed by atoms with van der Waals surface area (Å²) >= 11 is 0. The fraction of sp³-hybridized carbons (Fsp3) is 0.143. The second kappa shape index (κ2) is 10.3. The molecule has 4 aromatic rings.